The fourth-order valence-electron chi connectivity index (χ4n) is 1.10. The average molecular weight is 342 g/mol. The first-order chi connectivity index (χ1) is 9.70. The van der Waals surface area contributed by atoms with Crippen LogP contribution in [0.1, 0.15) is 20.3 Å². The Morgan fingerprint density at radius 3 is 1.48 bits per heavy atom. The van der Waals surface area contributed by atoms with Crippen LogP contribution in [0.3, 0.4) is 0 Å². The van der Waals surface area contributed by atoms with Gasteiger partial charge in [0.1, 0.15) is 13.2 Å². The van der Waals surface area contributed by atoms with Gasteiger partial charge in [-0.25, -0.2) is 0 Å². The Bertz CT molecular complexity index is 237. The van der Waals surface area contributed by atoms with E-state index < -0.39 is 0 Å². The van der Waals surface area contributed by atoms with Crippen LogP contribution in [0.25, 0.3) is 0 Å². The number of aliphatic hydroxyl groups excluding tert-OH is 2. The van der Waals surface area contributed by atoms with Crippen molar-refractivity contribution in [2.45, 2.75) is 20.3 Å². The summed E-state index contributed by atoms with van der Waals surface area (Å²) in [4.78, 5) is 22.5. The second-order valence-corrected chi connectivity index (χ2v) is 6.06. The summed E-state index contributed by atoms with van der Waals surface area (Å²) in [6.45, 7) is 0.344. The lowest BCUT2D eigenvalue weighted by Crippen LogP contribution is -2.14. The summed E-state index contributed by atoms with van der Waals surface area (Å²) >= 11 is 2.96. The van der Waals surface area contributed by atoms with Gasteiger partial charge < -0.3 is 19.7 Å². The van der Waals surface area contributed by atoms with Gasteiger partial charge in [0.05, 0.1) is 26.1 Å². The smallest absolute Gasteiger partial charge is 0.306 e. The molecule has 0 aliphatic carbocycles. The third-order valence-corrected chi connectivity index (χ3v) is 3.91. The van der Waals surface area contributed by atoms with Crippen LogP contribution >= 0.6 is 23.5 Å². The third kappa shape index (κ3) is 17.5. The van der Waals surface area contributed by atoms with E-state index in [0.717, 1.165) is 0 Å². The highest BCUT2D eigenvalue weighted by Gasteiger charge is 2.05. The molecule has 0 unspecified atom stereocenters. The molecule has 0 fully saturated rings. The number of ether oxygens (including phenoxy) is 2. The summed E-state index contributed by atoms with van der Waals surface area (Å²) in [7, 11) is 0. The molecule has 0 aromatic carbocycles. The molecule has 0 aliphatic heterocycles. The summed E-state index contributed by atoms with van der Waals surface area (Å²) in [6.07, 6.45) is 0.576. The number of rotatable bonds is 13. The molecule has 0 amide bonds. The highest BCUT2D eigenvalue weighted by molar-refractivity contribution is 7.99. The molecule has 0 spiro atoms. The van der Waals surface area contributed by atoms with Crippen molar-refractivity contribution in [2.24, 2.45) is 0 Å². The van der Waals surface area contributed by atoms with Gasteiger partial charge >= 0.3 is 11.9 Å². The Kier molecular flexibility index (Phi) is 19.2. The molecule has 0 aliphatic rings. The number of carbonyl (C=O) groups excluding carboxylic acids is 2. The molecular weight excluding hydrogens is 316 g/mol. The Morgan fingerprint density at radius 2 is 1.14 bits per heavy atom. The van der Waals surface area contributed by atoms with Crippen molar-refractivity contribution >= 4 is 35.5 Å². The van der Waals surface area contributed by atoms with E-state index in [1.165, 1.54) is 23.5 Å². The van der Waals surface area contributed by atoms with Crippen LogP contribution in [0.5, 0.6) is 0 Å². The number of hydrogen-bond donors (Lipinski definition) is 2. The van der Waals surface area contributed by atoms with E-state index in [-0.39, 0.29) is 58.6 Å². The molecular formula is C13H26O6S2. The minimum atomic E-state index is -0.329. The van der Waals surface area contributed by atoms with Crippen molar-refractivity contribution in [3.63, 3.8) is 0 Å². The molecule has 0 saturated carbocycles. The molecule has 126 valence electrons. The molecule has 2 N–H and O–H groups in total. The molecule has 0 radical (unpaired) electrons. The van der Waals surface area contributed by atoms with E-state index in [1.807, 2.05) is 0 Å². The van der Waals surface area contributed by atoms with Gasteiger partial charge in [-0.1, -0.05) is 7.43 Å². The number of thioether (sulfide) groups is 2. The zero-order valence-electron chi connectivity index (χ0n) is 11.4. The maximum atomic E-state index is 11.2. The van der Waals surface area contributed by atoms with Crippen LogP contribution in [0.15, 0.2) is 0 Å². The summed E-state index contributed by atoms with van der Waals surface area (Å²) < 4.78 is 9.77. The monoisotopic (exact) mass is 342 g/mol. The highest BCUT2D eigenvalue weighted by Crippen LogP contribution is 2.03. The van der Waals surface area contributed by atoms with Crippen molar-refractivity contribution in [1.29, 1.82) is 0 Å². The summed E-state index contributed by atoms with van der Waals surface area (Å²) in [5.74, 6) is 1.79. The van der Waals surface area contributed by atoms with E-state index in [1.54, 1.807) is 0 Å². The SMILES string of the molecule is C.O=C(CCSCCO)OCCOC(=O)CCSCCO. The van der Waals surface area contributed by atoms with Gasteiger partial charge in [0.15, 0.2) is 0 Å². The van der Waals surface area contributed by atoms with Crippen LogP contribution in [-0.2, 0) is 19.1 Å². The Morgan fingerprint density at radius 1 is 0.762 bits per heavy atom. The molecule has 0 saturated heterocycles. The van der Waals surface area contributed by atoms with Gasteiger partial charge in [-0.15, -0.1) is 0 Å². The van der Waals surface area contributed by atoms with E-state index in [9.17, 15) is 9.59 Å². The largest absolute Gasteiger partial charge is 0.462 e. The first kappa shape index (κ1) is 22.8. The second kappa shape index (κ2) is 17.6. The fourth-order valence-corrected chi connectivity index (χ4v) is 2.39. The van der Waals surface area contributed by atoms with Gasteiger partial charge in [0, 0.05) is 23.0 Å². The maximum absolute atomic E-state index is 11.2. The number of hydrogen-bond acceptors (Lipinski definition) is 8. The molecule has 0 aromatic rings. The lowest BCUT2D eigenvalue weighted by molar-refractivity contribution is -0.151. The lowest BCUT2D eigenvalue weighted by atomic mass is 10.5. The Balaban J connectivity index is 0. The standard InChI is InChI=1S/C12H22O6S2.CH4/c13-3-9-19-7-1-11(15)17-5-6-18-12(16)2-8-20-10-4-14;/h13-14H,1-10H2;1H4. The first-order valence-corrected chi connectivity index (χ1v) is 8.70. The van der Waals surface area contributed by atoms with Crippen molar-refractivity contribution in [3.8, 4) is 0 Å². The number of carbonyl (C=O) groups is 2. The van der Waals surface area contributed by atoms with Gasteiger partial charge in [-0.2, -0.15) is 23.5 Å². The molecule has 8 heteroatoms. The van der Waals surface area contributed by atoms with Crippen molar-refractivity contribution in [3.05, 3.63) is 0 Å². The first-order valence-electron chi connectivity index (χ1n) is 6.39. The molecule has 0 aromatic heterocycles. The number of aliphatic hydroxyl groups is 2. The third-order valence-electron chi connectivity index (χ3n) is 1.98. The van der Waals surface area contributed by atoms with Crippen LogP contribution < -0.4 is 0 Å². The molecule has 0 heterocycles. The molecule has 0 bridgehead atoms. The lowest BCUT2D eigenvalue weighted by Gasteiger charge is -2.06. The van der Waals surface area contributed by atoms with Crippen LogP contribution in [-0.4, -0.2) is 71.6 Å². The summed E-state index contributed by atoms with van der Waals surface area (Å²) in [5.41, 5.74) is 0. The average Bonchev–Trinajstić information content (AvgIpc) is 2.44. The highest BCUT2D eigenvalue weighted by atomic mass is 32.2. The van der Waals surface area contributed by atoms with Crippen LogP contribution in [0, 0.1) is 0 Å². The summed E-state index contributed by atoms with van der Waals surface area (Å²) in [6, 6.07) is 0. The zero-order valence-corrected chi connectivity index (χ0v) is 13.0. The van der Waals surface area contributed by atoms with Crippen LogP contribution in [0.2, 0.25) is 0 Å². The Hall–Kier alpha value is -0.440. The van der Waals surface area contributed by atoms with Crippen molar-refractivity contribution in [2.75, 3.05) is 49.4 Å². The minimum Gasteiger partial charge on any atom is -0.462 e. The normalized spacial score (nSPS) is 9.81. The Labute approximate surface area is 135 Å². The van der Waals surface area contributed by atoms with E-state index in [2.05, 4.69) is 0 Å². The fraction of sp³-hybridized carbons (Fsp3) is 0.846. The van der Waals surface area contributed by atoms with Crippen molar-refractivity contribution < 1.29 is 29.3 Å². The number of esters is 2. The maximum Gasteiger partial charge on any atom is 0.306 e. The second-order valence-electron chi connectivity index (χ2n) is 3.61. The van der Waals surface area contributed by atoms with Crippen molar-refractivity contribution in [1.82, 2.24) is 0 Å². The molecule has 6 nitrogen and oxygen atoms in total. The van der Waals surface area contributed by atoms with Gasteiger partial charge in [-0.3, -0.25) is 9.59 Å². The predicted octanol–water partition coefficient (Wildman–Crippen LogP) is 0.940. The van der Waals surface area contributed by atoms with Gasteiger partial charge in [-0.05, 0) is 0 Å². The summed E-state index contributed by atoms with van der Waals surface area (Å²) in [5, 5.41) is 17.1. The van der Waals surface area contributed by atoms with E-state index in [4.69, 9.17) is 19.7 Å². The topological polar surface area (TPSA) is 93.1 Å². The van der Waals surface area contributed by atoms with E-state index >= 15 is 0 Å². The molecule has 0 rings (SSSR count). The molecule has 0 atom stereocenters. The molecule has 21 heavy (non-hydrogen) atoms. The van der Waals surface area contributed by atoms with Crippen LogP contribution in [0.4, 0.5) is 0 Å². The van der Waals surface area contributed by atoms with Gasteiger partial charge in [0.2, 0.25) is 0 Å². The quantitative estimate of drug-likeness (QED) is 0.377. The van der Waals surface area contributed by atoms with Gasteiger partial charge in [0.25, 0.3) is 0 Å². The minimum absolute atomic E-state index is 0. The van der Waals surface area contributed by atoms with E-state index in [0.29, 0.717) is 23.0 Å². The zero-order chi connectivity index (χ0) is 15.1. The predicted molar refractivity (Wildman–Crippen MR) is 86.7 cm³/mol.